The fourth-order valence-corrected chi connectivity index (χ4v) is 2.77. The SMILES string of the molecule is N#C[C@]1(CO)CCCC[C@@H]1c1ccccc1. The van der Waals surface area contributed by atoms with Crippen molar-refractivity contribution in [3.05, 3.63) is 35.9 Å². The zero-order valence-corrected chi connectivity index (χ0v) is 9.39. The van der Waals surface area contributed by atoms with Gasteiger partial charge in [-0.05, 0) is 18.4 Å². The lowest BCUT2D eigenvalue weighted by molar-refractivity contribution is 0.110. The Labute approximate surface area is 96.5 Å². The van der Waals surface area contributed by atoms with Crippen molar-refractivity contribution in [2.45, 2.75) is 31.6 Å². The molecule has 2 atom stereocenters. The minimum atomic E-state index is -0.556. The van der Waals surface area contributed by atoms with E-state index in [4.69, 9.17) is 0 Å². The van der Waals surface area contributed by atoms with Crippen LogP contribution in [0.1, 0.15) is 37.2 Å². The summed E-state index contributed by atoms with van der Waals surface area (Å²) in [6, 6.07) is 12.5. The quantitative estimate of drug-likeness (QED) is 0.824. The first-order chi connectivity index (χ1) is 7.82. The number of aliphatic hydroxyl groups excluding tert-OH is 1. The van der Waals surface area contributed by atoms with Crippen LogP contribution in [0.3, 0.4) is 0 Å². The molecule has 0 bridgehead atoms. The first-order valence-electron chi connectivity index (χ1n) is 5.89. The van der Waals surface area contributed by atoms with E-state index in [-0.39, 0.29) is 12.5 Å². The molecule has 84 valence electrons. The summed E-state index contributed by atoms with van der Waals surface area (Å²) < 4.78 is 0. The topological polar surface area (TPSA) is 44.0 Å². The van der Waals surface area contributed by atoms with Crippen molar-refractivity contribution < 1.29 is 5.11 Å². The standard InChI is InChI=1S/C14H17NO/c15-10-14(11-16)9-5-4-8-13(14)12-6-2-1-3-7-12/h1-3,6-7,13,16H,4-5,8-9,11H2/t13-,14+/m1/s1. The van der Waals surface area contributed by atoms with Gasteiger partial charge in [-0.3, -0.25) is 0 Å². The van der Waals surface area contributed by atoms with Gasteiger partial charge in [0.2, 0.25) is 0 Å². The second-order valence-corrected chi connectivity index (χ2v) is 4.64. The molecule has 0 saturated heterocycles. The van der Waals surface area contributed by atoms with Crippen molar-refractivity contribution in [3.8, 4) is 6.07 Å². The number of aliphatic hydroxyl groups is 1. The van der Waals surface area contributed by atoms with Crippen LogP contribution in [0.2, 0.25) is 0 Å². The van der Waals surface area contributed by atoms with E-state index < -0.39 is 5.41 Å². The lowest BCUT2D eigenvalue weighted by Crippen LogP contribution is -2.34. The van der Waals surface area contributed by atoms with E-state index in [1.807, 2.05) is 18.2 Å². The summed E-state index contributed by atoms with van der Waals surface area (Å²) >= 11 is 0. The predicted molar refractivity (Wildman–Crippen MR) is 62.8 cm³/mol. The van der Waals surface area contributed by atoms with Crippen LogP contribution in [0.4, 0.5) is 0 Å². The molecule has 0 unspecified atom stereocenters. The van der Waals surface area contributed by atoms with E-state index in [1.165, 1.54) is 5.56 Å². The molecule has 2 nitrogen and oxygen atoms in total. The van der Waals surface area contributed by atoms with E-state index in [9.17, 15) is 10.4 Å². The van der Waals surface area contributed by atoms with Crippen molar-refractivity contribution in [1.82, 2.24) is 0 Å². The maximum absolute atomic E-state index is 9.55. The van der Waals surface area contributed by atoms with Crippen molar-refractivity contribution in [2.75, 3.05) is 6.61 Å². The third-order valence-electron chi connectivity index (χ3n) is 3.74. The van der Waals surface area contributed by atoms with Gasteiger partial charge < -0.3 is 5.11 Å². The summed E-state index contributed by atoms with van der Waals surface area (Å²) in [4.78, 5) is 0. The Morgan fingerprint density at radius 3 is 2.69 bits per heavy atom. The highest BCUT2D eigenvalue weighted by atomic mass is 16.3. The molecule has 1 saturated carbocycles. The molecule has 0 spiro atoms. The van der Waals surface area contributed by atoms with Crippen molar-refractivity contribution in [1.29, 1.82) is 5.26 Å². The van der Waals surface area contributed by atoms with Gasteiger partial charge in [0.25, 0.3) is 0 Å². The molecule has 0 aromatic heterocycles. The molecule has 1 aliphatic carbocycles. The molecular formula is C14H17NO. The molecule has 2 heteroatoms. The summed E-state index contributed by atoms with van der Waals surface area (Å²) in [5.74, 6) is 0.192. The van der Waals surface area contributed by atoms with E-state index in [0.717, 1.165) is 25.7 Å². The second kappa shape index (κ2) is 4.67. The summed E-state index contributed by atoms with van der Waals surface area (Å²) in [5, 5.41) is 18.9. The van der Waals surface area contributed by atoms with Gasteiger partial charge in [0.05, 0.1) is 18.1 Å². The molecule has 16 heavy (non-hydrogen) atoms. The highest BCUT2D eigenvalue weighted by molar-refractivity contribution is 5.26. The maximum Gasteiger partial charge on any atom is 0.0872 e. The normalized spacial score (nSPS) is 29.6. The van der Waals surface area contributed by atoms with Crippen LogP contribution in [-0.2, 0) is 0 Å². The van der Waals surface area contributed by atoms with Crippen LogP contribution >= 0.6 is 0 Å². The lowest BCUT2D eigenvalue weighted by Gasteiger charge is -2.37. The Morgan fingerprint density at radius 2 is 2.06 bits per heavy atom. The van der Waals surface area contributed by atoms with E-state index in [1.54, 1.807) is 0 Å². The van der Waals surface area contributed by atoms with Gasteiger partial charge in [-0.25, -0.2) is 0 Å². The molecule has 0 heterocycles. The largest absolute Gasteiger partial charge is 0.395 e. The molecule has 1 fully saturated rings. The number of rotatable bonds is 2. The van der Waals surface area contributed by atoms with Crippen LogP contribution < -0.4 is 0 Å². The highest BCUT2D eigenvalue weighted by Crippen LogP contribution is 2.46. The van der Waals surface area contributed by atoms with Gasteiger partial charge in [0.15, 0.2) is 0 Å². The fraction of sp³-hybridized carbons (Fsp3) is 0.500. The number of benzene rings is 1. The molecule has 0 amide bonds. The van der Waals surface area contributed by atoms with Gasteiger partial charge in [-0.1, -0.05) is 43.2 Å². The molecule has 1 aromatic rings. The molecule has 0 aliphatic heterocycles. The monoisotopic (exact) mass is 215 g/mol. The minimum Gasteiger partial charge on any atom is -0.395 e. The average molecular weight is 215 g/mol. The molecule has 2 rings (SSSR count). The van der Waals surface area contributed by atoms with E-state index in [2.05, 4.69) is 18.2 Å². The molecule has 1 aromatic carbocycles. The van der Waals surface area contributed by atoms with Gasteiger partial charge in [-0.2, -0.15) is 5.26 Å². The first-order valence-corrected chi connectivity index (χ1v) is 5.89. The molecule has 1 aliphatic rings. The van der Waals surface area contributed by atoms with E-state index >= 15 is 0 Å². The minimum absolute atomic E-state index is 0.0247. The Hall–Kier alpha value is -1.33. The van der Waals surface area contributed by atoms with Gasteiger partial charge in [-0.15, -0.1) is 0 Å². The molecule has 1 N–H and O–H groups in total. The predicted octanol–water partition coefficient (Wildman–Crippen LogP) is 2.85. The summed E-state index contributed by atoms with van der Waals surface area (Å²) in [7, 11) is 0. The molecule has 0 radical (unpaired) electrons. The fourth-order valence-electron chi connectivity index (χ4n) is 2.77. The Morgan fingerprint density at radius 1 is 1.31 bits per heavy atom. The summed E-state index contributed by atoms with van der Waals surface area (Å²) in [6.07, 6.45) is 4.04. The van der Waals surface area contributed by atoms with Crippen LogP contribution in [-0.4, -0.2) is 11.7 Å². The molecular weight excluding hydrogens is 198 g/mol. The maximum atomic E-state index is 9.55. The first kappa shape index (κ1) is 11.2. The van der Waals surface area contributed by atoms with Crippen LogP contribution in [0.15, 0.2) is 30.3 Å². The van der Waals surface area contributed by atoms with Crippen LogP contribution in [0, 0.1) is 16.7 Å². The lowest BCUT2D eigenvalue weighted by atomic mass is 9.65. The van der Waals surface area contributed by atoms with Gasteiger partial charge >= 0.3 is 0 Å². The zero-order chi connectivity index (χ0) is 11.4. The number of nitriles is 1. The van der Waals surface area contributed by atoms with Crippen molar-refractivity contribution >= 4 is 0 Å². The summed E-state index contributed by atoms with van der Waals surface area (Å²) in [5.41, 5.74) is 0.636. The van der Waals surface area contributed by atoms with Crippen molar-refractivity contribution in [3.63, 3.8) is 0 Å². The third-order valence-corrected chi connectivity index (χ3v) is 3.74. The zero-order valence-electron chi connectivity index (χ0n) is 9.39. The van der Waals surface area contributed by atoms with Gasteiger partial charge in [0, 0.05) is 5.92 Å². The van der Waals surface area contributed by atoms with Crippen LogP contribution in [0.25, 0.3) is 0 Å². The Bertz CT molecular complexity index is 381. The second-order valence-electron chi connectivity index (χ2n) is 4.64. The van der Waals surface area contributed by atoms with E-state index in [0.29, 0.717) is 0 Å². The average Bonchev–Trinajstić information content (AvgIpc) is 2.39. The van der Waals surface area contributed by atoms with Gasteiger partial charge in [0.1, 0.15) is 0 Å². The number of hydrogen-bond donors (Lipinski definition) is 1. The van der Waals surface area contributed by atoms with Crippen molar-refractivity contribution in [2.24, 2.45) is 5.41 Å². The Balaban J connectivity index is 2.34. The smallest absolute Gasteiger partial charge is 0.0872 e. The Kier molecular flexibility index (Phi) is 3.26. The number of nitrogens with zero attached hydrogens (tertiary/aromatic N) is 1. The highest BCUT2D eigenvalue weighted by Gasteiger charge is 2.41. The third kappa shape index (κ3) is 1.83. The van der Waals surface area contributed by atoms with Crippen LogP contribution in [0.5, 0.6) is 0 Å². The summed E-state index contributed by atoms with van der Waals surface area (Å²) in [6.45, 7) is -0.0247. The number of hydrogen-bond acceptors (Lipinski definition) is 2.